The minimum atomic E-state index is -0.0829. The summed E-state index contributed by atoms with van der Waals surface area (Å²) in [6, 6.07) is 0.400. The number of likely N-dealkylation sites (N-methyl/N-ethyl adjacent to an activating group) is 1. The summed E-state index contributed by atoms with van der Waals surface area (Å²) in [5, 5.41) is 3.44. The predicted molar refractivity (Wildman–Crippen MR) is 68.6 cm³/mol. The summed E-state index contributed by atoms with van der Waals surface area (Å²) in [7, 11) is 1.82. The molecule has 0 spiro atoms. The lowest BCUT2D eigenvalue weighted by Crippen LogP contribution is -2.44. The molecule has 0 aromatic carbocycles. The molecule has 2 heterocycles. The van der Waals surface area contributed by atoms with E-state index in [0.29, 0.717) is 23.4 Å². The molecule has 1 aromatic heterocycles. The third-order valence-corrected chi connectivity index (χ3v) is 3.35. The highest BCUT2D eigenvalue weighted by Gasteiger charge is 2.23. The molecule has 1 atom stereocenters. The Labute approximate surface area is 108 Å². The molecule has 18 heavy (non-hydrogen) atoms. The highest BCUT2D eigenvalue weighted by atomic mass is 16.4. The highest BCUT2D eigenvalue weighted by Crippen LogP contribution is 2.13. The van der Waals surface area contributed by atoms with Crippen LogP contribution in [0.4, 0.5) is 0 Å². The molecule has 1 unspecified atom stereocenters. The van der Waals surface area contributed by atoms with E-state index in [1.807, 2.05) is 7.05 Å². The first-order valence-electron chi connectivity index (χ1n) is 6.51. The van der Waals surface area contributed by atoms with E-state index >= 15 is 0 Å². The first kappa shape index (κ1) is 13.1. The van der Waals surface area contributed by atoms with Crippen molar-refractivity contribution in [2.45, 2.75) is 39.2 Å². The normalized spacial score (nSPS) is 19.8. The molecule has 0 aliphatic carbocycles. The lowest BCUT2D eigenvalue weighted by Gasteiger charge is -2.27. The van der Waals surface area contributed by atoms with Crippen molar-refractivity contribution in [2.75, 3.05) is 20.1 Å². The fourth-order valence-corrected chi connectivity index (χ4v) is 2.40. The molecular weight excluding hydrogens is 230 g/mol. The monoisotopic (exact) mass is 251 g/mol. The average Bonchev–Trinajstić information content (AvgIpc) is 2.68. The van der Waals surface area contributed by atoms with Crippen LogP contribution in [0.25, 0.3) is 0 Å². The van der Waals surface area contributed by atoms with Gasteiger partial charge >= 0.3 is 0 Å². The fraction of sp³-hybridized carbons (Fsp3) is 0.692. The van der Waals surface area contributed by atoms with E-state index in [-0.39, 0.29) is 5.91 Å². The topological polar surface area (TPSA) is 58.4 Å². The van der Waals surface area contributed by atoms with Crippen molar-refractivity contribution in [1.29, 1.82) is 0 Å². The predicted octanol–water partition coefficient (Wildman–Crippen LogP) is 1.51. The molecule has 5 heteroatoms. The van der Waals surface area contributed by atoms with Gasteiger partial charge in [-0.1, -0.05) is 6.42 Å². The van der Waals surface area contributed by atoms with E-state index in [4.69, 9.17) is 4.42 Å². The molecule has 2 rings (SSSR count). The Morgan fingerprint density at radius 1 is 1.50 bits per heavy atom. The summed E-state index contributed by atoms with van der Waals surface area (Å²) in [4.78, 5) is 18.1. The average molecular weight is 251 g/mol. The molecule has 1 aliphatic heterocycles. The summed E-state index contributed by atoms with van der Waals surface area (Å²) in [6.07, 6.45) is 3.60. The third-order valence-electron chi connectivity index (χ3n) is 3.35. The van der Waals surface area contributed by atoms with Crippen LogP contribution in [0.3, 0.4) is 0 Å². The number of aromatic nitrogens is 1. The second-order valence-corrected chi connectivity index (χ2v) is 4.98. The quantitative estimate of drug-likeness (QED) is 0.884. The largest absolute Gasteiger partial charge is 0.436 e. The third kappa shape index (κ3) is 2.90. The lowest BCUT2D eigenvalue weighted by molar-refractivity contribution is 0.0741. The van der Waals surface area contributed by atoms with Crippen LogP contribution in [0.15, 0.2) is 4.42 Å². The molecule has 1 N–H and O–H groups in total. The number of nitrogens with one attached hydrogen (secondary N) is 1. The summed E-state index contributed by atoms with van der Waals surface area (Å²) in [5.41, 5.74) is 0.668. The van der Waals surface area contributed by atoms with Crippen LogP contribution in [0.1, 0.15) is 41.4 Å². The van der Waals surface area contributed by atoms with Crippen molar-refractivity contribution < 1.29 is 9.21 Å². The molecule has 5 nitrogen and oxygen atoms in total. The second kappa shape index (κ2) is 5.52. The zero-order valence-electron chi connectivity index (χ0n) is 11.3. The maximum absolute atomic E-state index is 12.2. The lowest BCUT2D eigenvalue weighted by atomic mass is 10.0. The minimum Gasteiger partial charge on any atom is -0.436 e. The number of carbonyl (C=O) groups excluding carboxylic acids is 1. The number of carbonyl (C=O) groups is 1. The zero-order valence-corrected chi connectivity index (χ0v) is 11.3. The number of rotatable bonds is 3. The van der Waals surface area contributed by atoms with Crippen LogP contribution in [0, 0.1) is 13.8 Å². The Hall–Kier alpha value is -1.36. The van der Waals surface area contributed by atoms with Gasteiger partial charge < -0.3 is 14.6 Å². The van der Waals surface area contributed by atoms with Crippen LogP contribution in [0.5, 0.6) is 0 Å². The molecule has 0 radical (unpaired) electrons. The van der Waals surface area contributed by atoms with E-state index < -0.39 is 0 Å². The smallest absolute Gasteiger partial charge is 0.291 e. The number of hydrogen-bond donors (Lipinski definition) is 1. The van der Waals surface area contributed by atoms with Crippen LogP contribution in [0.2, 0.25) is 0 Å². The molecule has 1 amide bonds. The fourth-order valence-electron chi connectivity index (χ4n) is 2.40. The van der Waals surface area contributed by atoms with Gasteiger partial charge in [-0.2, -0.15) is 0 Å². The number of oxazole rings is 1. The van der Waals surface area contributed by atoms with Crippen LogP contribution >= 0.6 is 0 Å². The van der Waals surface area contributed by atoms with Crippen LogP contribution < -0.4 is 5.32 Å². The zero-order chi connectivity index (χ0) is 13.1. The van der Waals surface area contributed by atoms with Crippen LogP contribution in [-0.4, -0.2) is 42.0 Å². The van der Waals surface area contributed by atoms with Crippen molar-refractivity contribution in [1.82, 2.24) is 15.2 Å². The van der Waals surface area contributed by atoms with Crippen molar-refractivity contribution in [3.8, 4) is 0 Å². The molecular formula is C13H21N3O2. The van der Waals surface area contributed by atoms with E-state index in [0.717, 1.165) is 19.5 Å². The van der Waals surface area contributed by atoms with Gasteiger partial charge in [-0.15, -0.1) is 0 Å². The number of aryl methyl sites for hydroxylation is 2. The van der Waals surface area contributed by atoms with Crippen molar-refractivity contribution >= 4 is 5.91 Å². The molecule has 0 saturated carbocycles. The Kier molecular flexibility index (Phi) is 4.01. The van der Waals surface area contributed by atoms with Gasteiger partial charge in [0.2, 0.25) is 5.76 Å². The first-order valence-corrected chi connectivity index (χ1v) is 6.51. The Balaban J connectivity index is 1.97. The Morgan fingerprint density at radius 3 is 2.83 bits per heavy atom. The number of nitrogens with zero attached hydrogens (tertiary/aromatic N) is 2. The van der Waals surface area contributed by atoms with Crippen LogP contribution in [-0.2, 0) is 0 Å². The summed E-state index contributed by atoms with van der Waals surface area (Å²) < 4.78 is 5.36. The van der Waals surface area contributed by atoms with E-state index in [2.05, 4.69) is 10.3 Å². The maximum Gasteiger partial charge on any atom is 0.291 e. The second-order valence-electron chi connectivity index (χ2n) is 4.98. The summed E-state index contributed by atoms with van der Waals surface area (Å²) in [5.74, 6) is 0.825. The number of amides is 1. The molecule has 1 aromatic rings. The summed E-state index contributed by atoms with van der Waals surface area (Å²) >= 11 is 0. The number of hydrogen-bond acceptors (Lipinski definition) is 4. The van der Waals surface area contributed by atoms with Gasteiger partial charge in [0.05, 0.1) is 5.69 Å². The van der Waals surface area contributed by atoms with Gasteiger partial charge in [0.15, 0.2) is 5.89 Å². The van der Waals surface area contributed by atoms with Gasteiger partial charge in [-0.3, -0.25) is 4.79 Å². The maximum atomic E-state index is 12.2. The molecule has 1 aliphatic rings. The van der Waals surface area contributed by atoms with E-state index in [9.17, 15) is 4.79 Å². The number of piperidine rings is 1. The van der Waals surface area contributed by atoms with Gasteiger partial charge in [0, 0.05) is 26.6 Å². The molecule has 100 valence electrons. The van der Waals surface area contributed by atoms with Crippen molar-refractivity contribution in [2.24, 2.45) is 0 Å². The summed E-state index contributed by atoms with van der Waals surface area (Å²) in [6.45, 7) is 5.33. The van der Waals surface area contributed by atoms with E-state index in [1.54, 1.807) is 18.7 Å². The molecule has 0 bridgehead atoms. The highest BCUT2D eigenvalue weighted by molar-refractivity contribution is 5.92. The standard InChI is InChI=1S/C13H21N3O2/c1-9-12(18-10(2)15-9)13(17)16(3)8-11-6-4-5-7-14-11/h11,14H,4-8H2,1-3H3. The minimum absolute atomic E-state index is 0.0829. The van der Waals surface area contributed by atoms with Crippen molar-refractivity contribution in [3.05, 3.63) is 17.3 Å². The van der Waals surface area contributed by atoms with Gasteiger partial charge in [-0.25, -0.2) is 4.98 Å². The Morgan fingerprint density at radius 2 is 2.28 bits per heavy atom. The van der Waals surface area contributed by atoms with Crippen molar-refractivity contribution in [3.63, 3.8) is 0 Å². The van der Waals surface area contributed by atoms with E-state index in [1.165, 1.54) is 12.8 Å². The first-order chi connectivity index (χ1) is 8.58. The van der Waals surface area contributed by atoms with Gasteiger partial charge in [0.1, 0.15) is 0 Å². The van der Waals surface area contributed by atoms with Gasteiger partial charge in [-0.05, 0) is 26.3 Å². The molecule has 1 saturated heterocycles. The SMILES string of the molecule is Cc1nc(C)c(C(=O)N(C)CC2CCCCN2)o1. The Bertz CT molecular complexity index is 422. The van der Waals surface area contributed by atoms with Gasteiger partial charge in [0.25, 0.3) is 5.91 Å². The molecule has 1 fully saturated rings.